The first kappa shape index (κ1) is 23.5. The van der Waals surface area contributed by atoms with E-state index in [2.05, 4.69) is 4.90 Å². The molecule has 2 heterocycles. The molecule has 0 saturated carbocycles. The third-order valence-corrected chi connectivity index (χ3v) is 7.51. The van der Waals surface area contributed by atoms with Crippen LogP contribution in [0.5, 0.6) is 23.0 Å². The Labute approximate surface area is 205 Å². The average Bonchev–Trinajstić information content (AvgIpc) is 2.90. The van der Waals surface area contributed by atoms with E-state index in [1.165, 1.54) is 12.0 Å². The molecule has 3 aromatic carbocycles. The lowest BCUT2D eigenvalue weighted by molar-refractivity contribution is -0.152. The van der Waals surface area contributed by atoms with Gasteiger partial charge in [-0.25, -0.2) is 4.79 Å². The number of nitrogens with zero attached hydrogens (tertiary/aromatic N) is 1. The number of carbonyl (C=O) groups excluding carboxylic acids is 1. The fourth-order valence-electron chi connectivity index (χ4n) is 5.97. The van der Waals surface area contributed by atoms with Crippen LogP contribution in [0.25, 0.3) is 21.5 Å². The number of benzene rings is 3. The third kappa shape index (κ3) is 3.73. The van der Waals surface area contributed by atoms with Crippen LogP contribution in [0.2, 0.25) is 0 Å². The summed E-state index contributed by atoms with van der Waals surface area (Å²) >= 11 is 0. The maximum atomic E-state index is 13.5. The molecule has 186 valence electrons. The zero-order valence-corrected chi connectivity index (χ0v) is 21.1. The van der Waals surface area contributed by atoms with Crippen molar-refractivity contribution in [3.63, 3.8) is 0 Å². The van der Waals surface area contributed by atoms with Gasteiger partial charge in [-0.3, -0.25) is 4.90 Å². The van der Waals surface area contributed by atoms with Gasteiger partial charge in [0, 0.05) is 6.04 Å². The molecule has 2 unspecified atom stereocenters. The number of ether oxygens (including phenoxy) is 5. The lowest BCUT2D eigenvalue weighted by Crippen LogP contribution is -2.49. The molecule has 0 spiro atoms. The van der Waals surface area contributed by atoms with Crippen molar-refractivity contribution < 1.29 is 28.5 Å². The van der Waals surface area contributed by atoms with Crippen molar-refractivity contribution in [1.29, 1.82) is 0 Å². The summed E-state index contributed by atoms with van der Waals surface area (Å²) in [6.45, 7) is 3.09. The Morgan fingerprint density at radius 2 is 1.37 bits per heavy atom. The smallest absolute Gasteiger partial charge is 0.328 e. The molecule has 0 aliphatic carbocycles. The molecular weight excluding hydrogens is 446 g/mol. The average molecular weight is 480 g/mol. The highest BCUT2D eigenvalue weighted by Gasteiger charge is 2.42. The molecule has 0 amide bonds. The van der Waals surface area contributed by atoms with Gasteiger partial charge in [0.15, 0.2) is 23.0 Å². The Morgan fingerprint density at radius 1 is 0.829 bits per heavy atom. The molecule has 2 aliphatic rings. The largest absolute Gasteiger partial charge is 0.493 e. The summed E-state index contributed by atoms with van der Waals surface area (Å²) in [5.41, 5.74) is 2.17. The van der Waals surface area contributed by atoms with Gasteiger partial charge in [-0.15, -0.1) is 0 Å². The van der Waals surface area contributed by atoms with Gasteiger partial charge in [-0.05, 0) is 89.7 Å². The van der Waals surface area contributed by atoms with E-state index < -0.39 is 6.04 Å². The molecule has 0 radical (unpaired) electrons. The Balaban J connectivity index is 1.93. The van der Waals surface area contributed by atoms with Crippen molar-refractivity contribution in [3.05, 3.63) is 35.4 Å². The van der Waals surface area contributed by atoms with Crippen LogP contribution in [0.3, 0.4) is 0 Å². The number of carbonyl (C=O) groups is 1. The monoisotopic (exact) mass is 479 g/mol. The number of esters is 1. The Bertz CT molecular complexity index is 1290. The van der Waals surface area contributed by atoms with Crippen LogP contribution in [0.15, 0.2) is 24.3 Å². The Kier molecular flexibility index (Phi) is 6.36. The van der Waals surface area contributed by atoms with Crippen LogP contribution < -0.4 is 18.9 Å². The van der Waals surface area contributed by atoms with E-state index in [1.807, 2.05) is 31.2 Å². The molecule has 1 fully saturated rings. The second-order valence-corrected chi connectivity index (χ2v) is 9.14. The van der Waals surface area contributed by atoms with Gasteiger partial charge < -0.3 is 23.7 Å². The van der Waals surface area contributed by atoms with E-state index in [0.717, 1.165) is 52.9 Å². The summed E-state index contributed by atoms with van der Waals surface area (Å²) in [5, 5.41) is 4.04. The number of hydrogen-bond acceptors (Lipinski definition) is 7. The van der Waals surface area contributed by atoms with Crippen molar-refractivity contribution >= 4 is 27.5 Å². The SMILES string of the molecule is CCOC(=O)C1c2c(c3cc(OC)c(OC)cc3c3cc(OC)c(OC)cc23)CC2CCCCN21. The lowest BCUT2D eigenvalue weighted by atomic mass is 9.78. The van der Waals surface area contributed by atoms with Crippen molar-refractivity contribution in [3.8, 4) is 23.0 Å². The van der Waals surface area contributed by atoms with Gasteiger partial charge in [0.1, 0.15) is 6.04 Å². The second kappa shape index (κ2) is 9.46. The van der Waals surface area contributed by atoms with E-state index in [1.54, 1.807) is 28.4 Å². The standard InChI is InChI=1S/C28H33NO6/c1-6-35-28(30)27-26-20(11-16-9-7-8-10-29(16)27)18-13-23(32-3)22(31-2)12-17(18)19-14-24(33-4)25(34-5)15-21(19)26/h12-16,27H,6-11H2,1-5H3. The van der Waals surface area contributed by atoms with E-state index in [9.17, 15) is 4.79 Å². The fraction of sp³-hybridized carbons (Fsp3) is 0.464. The van der Waals surface area contributed by atoms with Crippen LogP contribution in [-0.4, -0.2) is 58.5 Å². The predicted octanol–water partition coefficient (Wildman–Crippen LogP) is 5.04. The summed E-state index contributed by atoms with van der Waals surface area (Å²) in [6, 6.07) is 7.88. The summed E-state index contributed by atoms with van der Waals surface area (Å²) in [4.78, 5) is 15.9. The van der Waals surface area contributed by atoms with Crippen molar-refractivity contribution in [2.24, 2.45) is 0 Å². The first-order valence-electron chi connectivity index (χ1n) is 12.2. The first-order chi connectivity index (χ1) is 17.1. The molecule has 3 aromatic rings. The minimum Gasteiger partial charge on any atom is -0.493 e. The van der Waals surface area contributed by atoms with Crippen LogP contribution in [-0.2, 0) is 16.0 Å². The third-order valence-electron chi connectivity index (χ3n) is 7.51. The molecule has 2 aliphatic heterocycles. The van der Waals surface area contributed by atoms with E-state index >= 15 is 0 Å². The van der Waals surface area contributed by atoms with Gasteiger partial charge in [-0.2, -0.15) is 0 Å². The number of methoxy groups -OCH3 is 4. The highest BCUT2D eigenvalue weighted by atomic mass is 16.5. The summed E-state index contributed by atoms with van der Waals surface area (Å²) in [7, 11) is 6.56. The van der Waals surface area contributed by atoms with Crippen LogP contribution in [0, 0.1) is 0 Å². The zero-order chi connectivity index (χ0) is 24.7. The highest BCUT2D eigenvalue weighted by molar-refractivity contribution is 6.14. The van der Waals surface area contributed by atoms with Crippen LogP contribution >= 0.6 is 0 Å². The van der Waals surface area contributed by atoms with Gasteiger partial charge >= 0.3 is 5.97 Å². The molecule has 5 rings (SSSR count). The number of fused-ring (bicyclic) bond motifs is 7. The number of rotatable bonds is 6. The molecule has 2 atom stereocenters. The summed E-state index contributed by atoms with van der Waals surface area (Å²) in [5.74, 6) is 2.39. The quantitative estimate of drug-likeness (QED) is 0.362. The molecule has 1 saturated heterocycles. The van der Waals surface area contributed by atoms with Crippen molar-refractivity contribution in [2.75, 3.05) is 41.6 Å². The van der Waals surface area contributed by atoms with Crippen molar-refractivity contribution in [2.45, 2.75) is 44.7 Å². The normalized spacial score (nSPS) is 19.7. The van der Waals surface area contributed by atoms with Crippen LogP contribution in [0.4, 0.5) is 0 Å². The first-order valence-corrected chi connectivity index (χ1v) is 12.2. The summed E-state index contributed by atoms with van der Waals surface area (Å²) < 4.78 is 28.3. The topological polar surface area (TPSA) is 66.5 Å². The second-order valence-electron chi connectivity index (χ2n) is 9.14. The molecule has 35 heavy (non-hydrogen) atoms. The Hall–Kier alpha value is -3.19. The van der Waals surface area contributed by atoms with E-state index in [4.69, 9.17) is 23.7 Å². The van der Waals surface area contributed by atoms with E-state index in [0.29, 0.717) is 35.6 Å². The van der Waals surface area contributed by atoms with Gasteiger partial charge in [0.2, 0.25) is 0 Å². The minimum absolute atomic E-state index is 0.198. The Morgan fingerprint density at radius 3 is 1.94 bits per heavy atom. The molecule has 0 N–H and O–H groups in total. The molecule has 0 bridgehead atoms. The van der Waals surface area contributed by atoms with Gasteiger partial charge in [0.05, 0.1) is 35.0 Å². The zero-order valence-electron chi connectivity index (χ0n) is 21.1. The van der Waals surface area contributed by atoms with Crippen molar-refractivity contribution in [1.82, 2.24) is 4.90 Å². The highest BCUT2D eigenvalue weighted by Crippen LogP contribution is 2.49. The maximum Gasteiger partial charge on any atom is 0.328 e. The molecule has 7 nitrogen and oxygen atoms in total. The lowest BCUT2D eigenvalue weighted by Gasteiger charge is -2.45. The fourth-order valence-corrected chi connectivity index (χ4v) is 5.97. The molecule has 0 aromatic heterocycles. The van der Waals surface area contributed by atoms with Gasteiger partial charge in [0.25, 0.3) is 0 Å². The van der Waals surface area contributed by atoms with E-state index in [-0.39, 0.29) is 5.97 Å². The molecular formula is C28H33NO6. The molecule has 7 heteroatoms. The predicted molar refractivity (Wildman–Crippen MR) is 135 cm³/mol. The van der Waals surface area contributed by atoms with Crippen LogP contribution in [0.1, 0.15) is 43.4 Å². The van der Waals surface area contributed by atoms with Gasteiger partial charge in [-0.1, -0.05) is 6.42 Å². The maximum absolute atomic E-state index is 13.5. The summed E-state index contributed by atoms with van der Waals surface area (Å²) in [6.07, 6.45) is 4.17. The minimum atomic E-state index is -0.470. The number of hydrogen-bond donors (Lipinski definition) is 0. The number of piperidine rings is 1.